The van der Waals surface area contributed by atoms with E-state index in [9.17, 15) is 9.90 Å². The van der Waals surface area contributed by atoms with Crippen LogP contribution in [-0.4, -0.2) is 30.2 Å². The average molecular weight is 380 g/mol. The maximum absolute atomic E-state index is 10.7. The van der Waals surface area contributed by atoms with Gasteiger partial charge in [-0.2, -0.15) is 0 Å². The topological polar surface area (TPSA) is 61.4 Å². The van der Waals surface area contributed by atoms with Crippen LogP contribution >= 0.6 is 31.9 Å². The molecule has 3 N–H and O–H groups in total. The smallest absolute Gasteiger partial charge is 0.216 e. The fourth-order valence-corrected chi connectivity index (χ4v) is 2.04. The molecule has 0 spiro atoms. The standard InChI is InChI=1S/C12H16Br2N2O2/c1-8(17)16-7-10(18)6-15-5-9-2-3-11(13)12(14)4-9/h2-4,10,15,18H,5-7H2,1H3,(H,16,17)/t10-/m1/s1. The number of benzene rings is 1. The van der Waals surface area contributed by atoms with E-state index in [0.717, 1.165) is 14.5 Å². The molecule has 1 rings (SSSR count). The zero-order chi connectivity index (χ0) is 13.5. The van der Waals surface area contributed by atoms with E-state index in [1.807, 2.05) is 18.2 Å². The average Bonchev–Trinajstić information content (AvgIpc) is 2.31. The highest BCUT2D eigenvalue weighted by Gasteiger charge is 2.04. The molecule has 0 aromatic heterocycles. The Morgan fingerprint density at radius 1 is 1.33 bits per heavy atom. The molecule has 0 saturated carbocycles. The van der Waals surface area contributed by atoms with Crippen LogP contribution in [0.3, 0.4) is 0 Å². The minimum absolute atomic E-state index is 0.133. The number of amides is 1. The van der Waals surface area contributed by atoms with Crippen molar-refractivity contribution in [2.75, 3.05) is 13.1 Å². The van der Waals surface area contributed by atoms with Crippen molar-refractivity contribution >= 4 is 37.8 Å². The van der Waals surface area contributed by atoms with Gasteiger partial charge in [0.05, 0.1) is 6.10 Å². The second-order valence-corrected chi connectivity index (χ2v) is 5.68. The van der Waals surface area contributed by atoms with Crippen LogP contribution < -0.4 is 10.6 Å². The number of aliphatic hydroxyl groups excluding tert-OH is 1. The van der Waals surface area contributed by atoms with Crippen molar-refractivity contribution in [2.45, 2.75) is 19.6 Å². The summed E-state index contributed by atoms with van der Waals surface area (Å²) in [5.74, 6) is -0.133. The molecule has 0 radical (unpaired) electrons. The van der Waals surface area contributed by atoms with Crippen molar-refractivity contribution in [1.82, 2.24) is 10.6 Å². The molecule has 0 aliphatic carbocycles. The number of carbonyl (C=O) groups excluding carboxylic acids is 1. The highest BCUT2D eigenvalue weighted by molar-refractivity contribution is 9.13. The zero-order valence-corrected chi connectivity index (χ0v) is 13.2. The summed E-state index contributed by atoms with van der Waals surface area (Å²) in [6.07, 6.45) is -0.576. The fourth-order valence-electron chi connectivity index (χ4n) is 1.37. The van der Waals surface area contributed by atoms with Gasteiger partial charge in [-0.3, -0.25) is 4.79 Å². The summed E-state index contributed by atoms with van der Waals surface area (Å²) in [6.45, 7) is 2.81. The Hall–Kier alpha value is -0.430. The number of hydrogen-bond donors (Lipinski definition) is 3. The largest absolute Gasteiger partial charge is 0.390 e. The Morgan fingerprint density at radius 3 is 2.67 bits per heavy atom. The second-order valence-electron chi connectivity index (χ2n) is 3.97. The molecule has 6 heteroatoms. The molecule has 4 nitrogen and oxygen atoms in total. The number of halogens is 2. The maximum atomic E-state index is 10.7. The first-order valence-electron chi connectivity index (χ1n) is 5.56. The van der Waals surface area contributed by atoms with Crippen LogP contribution in [0.4, 0.5) is 0 Å². The molecule has 0 aliphatic heterocycles. The third-order valence-corrected chi connectivity index (χ3v) is 4.16. The van der Waals surface area contributed by atoms with E-state index < -0.39 is 6.10 Å². The summed E-state index contributed by atoms with van der Waals surface area (Å²) in [4.78, 5) is 10.7. The number of nitrogens with one attached hydrogen (secondary N) is 2. The van der Waals surface area contributed by atoms with Gasteiger partial charge < -0.3 is 15.7 Å². The van der Waals surface area contributed by atoms with Gasteiger partial charge in [-0.15, -0.1) is 0 Å². The van der Waals surface area contributed by atoms with E-state index in [2.05, 4.69) is 42.5 Å². The highest BCUT2D eigenvalue weighted by Crippen LogP contribution is 2.23. The molecule has 0 saturated heterocycles. The van der Waals surface area contributed by atoms with E-state index in [4.69, 9.17) is 0 Å². The minimum Gasteiger partial charge on any atom is -0.390 e. The van der Waals surface area contributed by atoms with Crippen LogP contribution in [0.25, 0.3) is 0 Å². The lowest BCUT2D eigenvalue weighted by Crippen LogP contribution is -2.37. The van der Waals surface area contributed by atoms with Crippen LogP contribution in [0.15, 0.2) is 27.1 Å². The van der Waals surface area contributed by atoms with Gasteiger partial charge in [0.1, 0.15) is 0 Å². The van der Waals surface area contributed by atoms with Gasteiger partial charge in [0.25, 0.3) is 0 Å². The van der Waals surface area contributed by atoms with Gasteiger partial charge in [0.15, 0.2) is 0 Å². The van der Waals surface area contributed by atoms with Crippen molar-refractivity contribution in [3.8, 4) is 0 Å². The molecular weight excluding hydrogens is 364 g/mol. The van der Waals surface area contributed by atoms with Crippen LogP contribution in [0.2, 0.25) is 0 Å². The van der Waals surface area contributed by atoms with Crippen molar-refractivity contribution in [2.24, 2.45) is 0 Å². The lowest BCUT2D eigenvalue weighted by molar-refractivity contribution is -0.119. The fraction of sp³-hybridized carbons (Fsp3) is 0.417. The quantitative estimate of drug-likeness (QED) is 0.706. The van der Waals surface area contributed by atoms with Crippen LogP contribution in [-0.2, 0) is 11.3 Å². The third-order valence-electron chi connectivity index (χ3n) is 2.28. The van der Waals surface area contributed by atoms with Gasteiger partial charge in [0.2, 0.25) is 5.91 Å². The predicted molar refractivity (Wildman–Crippen MR) is 78.2 cm³/mol. The van der Waals surface area contributed by atoms with E-state index in [1.54, 1.807) is 0 Å². The second kappa shape index (κ2) is 7.89. The Labute approximate surface area is 123 Å². The van der Waals surface area contributed by atoms with Gasteiger partial charge in [-0.1, -0.05) is 6.07 Å². The molecule has 1 atom stereocenters. The Balaban J connectivity index is 2.28. The van der Waals surface area contributed by atoms with Gasteiger partial charge in [0, 0.05) is 35.5 Å². The molecule has 1 aromatic carbocycles. The summed E-state index contributed by atoms with van der Waals surface area (Å²) in [6, 6.07) is 5.98. The van der Waals surface area contributed by atoms with E-state index in [1.165, 1.54) is 6.92 Å². The molecule has 18 heavy (non-hydrogen) atoms. The molecule has 0 heterocycles. The Kier molecular flexibility index (Phi) is 6.85. The van der Waals surface area contributed by atoms with Gasteiger partial charge in [-0.25, -0.2) is 0 Å². The van der Waals surface area contributed by atoms with Crippen molar-refractivity contribution in [3.05, 3.63) is 32.7 Å². The molecule has 100 valence electrons. The molecule has 0 aliphatic rings. The maximum Gasteiger partial charge on any atom is 0.216 e. The highest BCUT2D eigenvalue weighted by atomic mass is 79.9. The van der Waals surface area contributed by atoms with Crippen LogP contribution in [0.5, 0.6) is 0 Å². The summed E-state index contributed by atoms with van der Waals surface area (Å²) >= 11 is 6.84. The predicted octanol–water partition coefficient (Wildman–Crippen LogP) is 1.80. The minimum atomic E-state index is -0.576. The summed E-state index contributed by atoms with van der Waals surface area (Å²) < 4.78 is 2.01. The lowest BCUT2D eigenvalue weighted by Gasteiger charge is -2.12. The van der Waals surface area contributed by atoms with Crippen LogP contribution in [0, 0.1) is 0 Å². The molecule has 1 amide bonds. The normalized spacial score (nSPS) is 12.2. The number of hydrogen-bond acceptors (Lipinski definition) is 3. The van der Waals surface area contributed by atoms with Crippen LogP contribution in [0.1, 0.15) is 12.5 Å². The monoisotopic (exact) mass is 378 g/mol. The van der Waals surface area contributed by atoms with E-state index in [-0.39, 0.29) is 12.5 Å². The van der Waals surface area contributed by atoms with Gasteiger partial charge in [-0.05, 0) is 49.6 Å². The summed E-state index contributed by atoms with van der Waals surface area (Å²) in [5.41, 5.74) is 1.12. The molecular formula is C12H16Br2N2O2. The third kappa shape index (κ3) is 5.95. The van der Waals surface area contributed by atoms with Gasteiger partial charge >= 0.3 is 0 Å². The molecule has 0 bridgehead atoms. The molecule has 0 fully saturated rings. The first-order chi connectivity index (χ1) is 8.49. The Morgan fingerprint density at radius 2 is 2.06 bits per heavy atom. The van der Waals surface area contributed by atoms with Crippen molar-refractivity contribution in [1.29, 1.82) is 0 Å². The van der Waals surface area contributed by atoms with Crippen molar-refractivity contribution in [3.63, 3.8) is 0 Å². The van der Waals surface area contributed by atoms with E-state index in [0.29, 0.717) is 13.1 Å². The number of rotatable bonds is 6. The van der Waals surface area contributed by atoms with Crippen molar-refractivity contribution < 1.29 is 9.90 Å². The zero-order valence-electron chi connectivity index (χ0n) is 10.0. The first-order valence-corrected chi connectivity index (χ1v) is 7.15. The number of carbonyl (C=O) groups is 1. The summed E-state index contributed by atoms with van der Waals surface area (Å²) in [7, 11) is 0. The lowest BCUT2D eigenvalue weighted by atomic mass is 10.2. The van der Waals surface area contributed by atoms with E-state index >= 15 is 0 Å². The molecule has 1 aromatic rings. The summed E-state index contributed by atoms with van der Waals surface area (Å²) in [5, 5.41) is 15.3. The SMILES string of the molecule is CC(=O)NC[C@H](O)CNCc1ccc(Br)c(Br)c1. The molecule has 0 unspecified atom stereocenters. The number of aliphatic hydroxyl groups is 1. The Bertz CT molecular complexity index is 413. The first kappa shape index (κ1) is 15.6.